The molecule has 1 aromatic heterocycles. The molecule has 0 radical (unpaired) electrons. The topological polar surface area (TPSA) is 65.1 Å². The van der Waals surface area contributed by atoms with Crippen LogP contribution in [0.2, 0.25) is 0 Å². The van der Waals surface area contributed by atoms with Gasteiger partial charge in [0.05, 0.1) is 5.52 Å². The van der Waals surface area contributed by atoms with Crippen LogP contribution in [0.5, 0.6) is 5.75 Å². The normalized spacial score (nSPS) is 10.9. The molecule has 0 aliphatic heterocycles. The number of carbonyl (C=O) groups excluding carboxylic acids is 1. The molecule has 4 nitrogen and oxygen atoms in total. The van der Waals surface area contributed by atoms with E-state index >= 15 is 0 Å². The molecule has 1 amide bonds. The van der Waals surface area contributed by atoms with Gasteiger partial charge in [0.25, 0.3) is 0 Å². The number of nitrogens with one attached hydrogen (secondary N) is 2. The van der Waals surface area contributed by atoms with Gasteiger partial charge in [-0.15, -0.1) is 0 Å². The first-order valence-corrected chi connectivity index (χ1v) is 4.48. The number of benzene rings is 1. The van der Waals surface area contributed by atoms with Gasteiger partial charge in [0, 0.05) is 23.3 Å². The highest BCUT2D eigenvalue weighted by atomic mass is 16.3. The highest BCUT2D eigenvalue weighted by Crippen LogP contribution is 2.26. The Balaban J connectivity index is 2.47. The zero-order valence-corrected chi connectivity index (χ0v) is 7.90. The summed E-state index contributed by atoms with van der Waals surface area (Å²) >= 11 is 0. The van der Waals surface area contributed by atoms with E-state index in [1.54, 1.807) is 12.3 Å². The molecule has 0 saturated heterocycles. The van der Waals surface area contributed by atoms with Gasteiger partial charge in [0.15, 0.2) is 0 Å². The fraction of sp³-hybridized carbons (Fsp3) is 0. The van der Waals surface area contributed by atoms with E-state index in [9.17, 15) is 9.90 Å². The van der Waals surface area contributed by atoms with E-state index in [1.807, 2.05) is 18.2 Å². The van der Waals surface area contributed by atoms with E-state index in [2.05, 4.69) is 10.3 Å². The molecule has 2 rings (SSSR count). The molecule has 3 N–H and O–H groups in total. The average molecular weight is 202 g/mol. The van der Waals surface area contributed by atoms with Crippen LogP contribution in [0.25, 0.3) is 17.0 Å². The predicted octanol–water partition coefficient (Wildman–Crippen LogP) is 1.59. The molecule has 0 atom stereocenters. The Bertz CT molecular complexity index is 514. The van der Waals surface area contributed by atoms with Crippen molar-refractivity contribution in [3.63, 3.8) is 0 Å². The number of hydrogen-bond acceptors (Lipinski definition) is 2. The quantitative estimate of drug-likeness (QED) is 0.662. The summed E-state index contributed by atoms with van der Waals surface area (Å²) in [5.74, 6) is 0.226. The summed E-state index contributed by atoms with van der Waals surface area (Å²) in [6, 6.07) is 5.56. The molecule has 0 aliphatic rings. The molecule has 0 unspecified atom stereocenters. The van der Waals surface area contributed by atoms with Gasteiger partial charge in [-0.2, -0.15) is 0 Å². The van der Waals surface area contributed by atoms with Crippen molar-refractivity contribution in [3.05, 3.63) is 36.2 Å². The number of aromatic hydroxyl groups is 1. The van der Waals surface area contributed by atoms with E-state index in [4.69, 9.17) is 0 Å². The smallest absolute Gasteiger partial charge is 0.211 e. The molecule has 0 aliphatic carbocycles. The van der Waals surface area contributed by atoms with Gasteiger partial charge in [-0.05, 0) is 12.1 Å². The van der Waals surface area contributed by atoms with Crippen molar-refractivity contribution in [3.8, 4) is 5.75 Å². The highest BCUT2D eigenvalue weighted by molar-refractivity contribution is 5.92. The standard InChI is InChI=1S/C11H10N2O2/c14-7-12-5-4-8-2-1-3-9-10(15)6-13-11(8)9/h1-7,13,15H,(H,12,14). The van der Waals surface area contributed by atoms with E-state index in [1.165, 1.54) is 6.20 Å². The Hall–Kier alpha value is -2.23. The molecule has 0 fully saturated rings. The molecular formula is C11H10N2O2. The number of amides is 1. The van der Waals surface area contributed by atoms with Crippen LogP contribution in [-0.2, 0) is 4.79 Å². The van der Waals surface area contributed by atoms with Crippen LogP contribution in [0.4, 0.5) is 0 Å². The minimum absolute atomic E-state index is 0.226. The molecule has 15 heavy (non-hydrogen) atoms. The van der Waals surface area contributed by atoms with Gasteiger partial charge in [0.2, 0.25) is 6.41 Å². The van der Waals surface area contributed by atoms with Crippen molar-refractivity contribution < 1.29 is 9.90 Å². The Morgan fingerprint density at radius 2 is 2.27 bits per heavy atom. The maximum Gasteiger partial charge on any atom is 0.211 e. The Morgan fingerprint density at radius 3 is 3.07 bits per heavy atom. The molecule has 2 aromatic rings. The minimum Gasteiger partial charge on any atom is -0.506 e. The van der Waals surface area contributed by atoms with Crippen LogP contribution in [0.1, 0.15) is 5.56 Å². The van der Waals surface area contributed by atoms with E-state index < -0.39 is 0 Å². The summed E-state index contributed by atoms with van der Waals surface area (Å²) in [6.45, 7) is 0. The summed E-state index contributed by atoms with van der Waals surface area (Å²) < 4.78 is 0. The Morgan fingerprint density at radius 1 is 1.40 bits per heavy atom. The van der Waals surface area contributed by atoms with Gasteiger partial charge in [-0.3, -0.25) is 4.79 Å². The second-order valence-electron chi connectivity index (χ2n) is 3.06. The lowest BCUT2D eigenvalue weighted by atomic mass is 10.1. The Kier molecular flexibility index (Phi) is 2.41. The fourth-order valence-electron chi connectivity index (χ4n) is 1.48. The van der Waals surface area contributed by atoms with E-state index in [0.29, 0.717) is 6.41 Å². The van der Waals surface area contributed by atoms with Crippen molar-refractivity contribution in [2.45, 2.75) is 0 Å². The van der Waals surface area contributed by atoms with Crippen LogP contribution in [0.3, 0.4) is 0 Å². The van der Waals surface area contributed by atoms with Crippen molar-refractivity contribution >= 4 is 23.4 Å². The number of hydrogen-bond donors (Lipinski definition) is 3. The number of H-pyrrole nitrogens is 1. The number of aromatic nitrogens is 1. The highest BCUT2D eigenvalue weighted by Gasteiger charge is 2.03. The molecule has 1 heterocycles. The lowest BCUT2D eigenvalue weighted by molar-refractivity contribution is -0.108. The molecule has 76 valence electrons. The molecule has 0 saturated carbocycles. The largest absolute Gasteiger partial charge is 0.506 e. The SMILES string of the molecule is O=CNC=Cc1cccc2c(O)c[nH]c12. The number of para-hydroxylation sites is 1. The fourth-order valence-corrected chi connectivity index (χ4v) is 1.48. The van der Waals surface area contributed by atoms with Crippen molar-refractivity contribution in [2.75, 3.05) is 0 Å². The molecule has 4 heteroatoms. The predicted molar refractivity (Wildman–Crippen MR) is 58.2 cm³/mol. The summed E-state index contributed by atoms with van der Waals surface area (Å²) in [4.78, 5) is 13.0. The van der Waals surface area contributed by atoms with Crippen molar-refractivity contribution in [1.29, 1.82) is 0 Å². The monoisotopic (exact) mass is 202 g/mol. The average Bonchev–Trinajstić information content (AvgIpc) is 2.62. The Labute approximate surface area is 86.2 Å². The van der Waals surface area contributed by atoms with Crippen LogP contribution in [0, 0.1) is 0 Å². The summed E-state index contributed by atoms with van der Waals surface area (Å²) in [7, 11) is 0. The summed E-state index contributed by atoms with van der Waals surface area (Å²) in [5, 5.41) is 12.7. The van der Waals surface area contributed by atoms with E-state index in [-0.39, 0.29) is 5.75 Å². The van der Waals surface area contributed by atoms with Gasteiger partial charge in [-0.25, -0.2) is 0 Å². The van der Waals surface area contributed by atoms with Crippen LogP contribution < -0.4 is 5.32 Å². The number of rotatable bonds is 3. The van der Waals surface area contributed by atoms with Gasteiger partial charge in [-0.1, -0.05) is 12.1 Å². The van der Waals surface area contributed by atoms with Crippen LogP contribution in [0.15, 0.2) is 30.6 Å². The third-order valence-electron chi connectivity index (χ3n) is 2.15. The first-order valence-electron chi connectivity index (χ1n) is 4.48. The van der Waals surface area contributed by atoms with Crippen LogP contribution >= 0.6 is 0 Å². The number of fused-ring (bicyclic) bond motifs is 1. The van der Waals surface area contributed by atoms with Gasteiger partial charge >= 0.3 is 0 Å². The summed E-state index contributed by atoms with van der Waals surface area (Å²) in [5.41, 5.74) is 1.75. The summed E-state index contributed by atoms with van der Waals surface area (Å²) in [6.07, 6.45) is 5.43. The number of aromatic amines is 1. The molecule has 0 bridgehead atoms. The van der Waals surface area contributed by atoms with E-state index in [0.717, 1.165) is 16.5 Å². The molecule has 1 aromatic carbocycles. The second kappa shape index (κ2) is 3.88. The second-order valence-corrected chi connectivity index (χ2v) is 3.06. The minimum atomic E-state index is 0.226. The zero-order valence-electron chi connectivity index (χ0n) is 7.90. The maximum atomic E-state index is 10.1. The van der Waals surface area contributed by atoms with Crippen molar-refractivity contribution in [2.24, 2.45) is 0 Å². The first kappa shape index (κ1) is 9.33. The zero-order chi connectivity index (χ0) is 10.7. The molecular weight excluding hydrogens is 192 g/mol. The van der Waals surface area contributed by atoms with Gasteiger partial charge < -0.3 is 15.4 Å². The van der Waals surface area contributed by atoms with Crippen molar-refractivity contribution in [1.82, 2.24) is 10.3 Å². The first-order chi connectivity index (χ1) is 7.33. The third-order valence-corrected chi connectivity index (χ3v) is 2.15. The maximum absolute atomic E-state index is 10.1. The lowest BCUT2D eigenvalue weighted by Crippen LogP contribution is -1.97. The third kappa shape index (κ3) is 1.69. The molecule has 0 spiro atoms. The van der Waals surface area contributed by atoms with Crippen LogP contribution in [-0.4, -0.2) is 16.5 Å². The van der Waals surface area contributed by atoms with Gasteiger partial charge in [0.1, 0.15) is 5.75 Å². The number of carbonyl (C=O) groups is 1. The lowest BCUT2D eigenvalue weighted by Gasteiger charge is -1.96.